The van der Waals surface area contributed by atoms with Crippen molar-refractivity contribution in [1.82, 2.24) is 0 Å². The molecule has 0 amide bonds. The molecule has 0 aliphatic heterocycles. The summed E-state index contributed by atoms with van der Waals surface area (Å²) in [5.74, 6) is -0.870. The summed E-state index contributed by atoms with van der Waals surface area (Å²) in [5.41, 5.74) is 0.0269. The summed E-state index contributed by atoms with van der Waals surface area (Å²) >= 11 is 0. The summed E-state index contributed by atoms with van der Waals surface area (Å²) in [4.78, 5) is -0.486. The van der Waals surface area contributed by atoms with Gasteiger partial charge in [0.15, 0.2) is 11.5 Å². The van der Waals surface area contributed by atoms with E-state index < -0.39 is 19.7 Å². The van der Waals surface area contributed by atoms with Crippen molar-refractivity contribution in [3.05, 3.63) is 17.7 Å². The number of phenolic OH excluding ortho intramolecular Hbond substituents is 1. The van der Waals surface area contributed by atoms with Crippen LogP contribution in [-0.2, 0) is 9.05 Å². The lowest BCUT2D eigenvalue weighted by Gasteiger charge is -2.07. The fourth-order valence-corrected chi connectivity index (χ4v) is 1.97. The van der Waals surface area contributed by atoms with Gasteiger partial charge in [-0.2, -0.15) is 5.26 Å². The zero-order chi connectivity index (χ0) is 11.6. The van der Waals surface area contributed by atoms with Crippen LogP contribution < -0.4 is 4.74 Å². The highest BCUT2D eigenvalue weighted by molar-refractivity contribution is 8.13. The van der Waals surface area contributed by atoms with E-state index in [9.17, 15) is 13.5 Å². The Morgan fingerprint density at radius 3 is 2.53 bits per heavy atom. The predicted molar refractivity (Wildman–Crippen MR) is 52.4 cm³/mol. The minimum atomic E-state index is -4.06. The zero-order valence-corrected chi connectivity index (χ0v) is 9.13. The summed E-state index contributed by atoms with van der Waals surface area (Å²) in [6, 6.07) is 3.99. The van der Waals surface area contributed by atoms with Gasteiger partial charge in [0.2, 0.25) is 0 Å². The van der Waals surface area contributed by atoms with Crippen molar-refractivity contribution in [2.45, 2.75) is 4.90 Å². The first-order valence-corrected chi connectivity index (χ1v) is 5.97. The van der Waals surface area contributed by atoms with Gasteiger partial charge in [-0.3, -0.25) is 0 Å². The number of methoxy groups -OCH3 is 1. The summed E-state index contributed by atoms with van der Waals surface area (Å²) in [5, 5.41) is 18.1. The third-order valence-corrected chi connectivity index (χ3v) is 3.04. The average molecular weight is 248 g/mol. The molecule has 0 radical (unpaired) electrons. The minimum absolute atomic E-state index is 0.0269. The summed E-state index contributed by atoms with van der Waals surface area (Å²) in [6.07, 6.45) is 0. The Balaban J connectivity index is 3.59. The van der Waals surface area contributed by atoms with Crippen LogP contribution in [0.25, 0.3) is 0 Å². The number of hydrogen-bond acceptors (Lipinski definition) is 5. The molecule has 1 rings (SSSR count). The number of rotatable bonds is 2. The van der Waals surface area contributed by atoms with Gasteiger partial charge in [0.05, 0.1) is 12.7 Å². The lowest BCUT2D eigenvalue weighted by Crippen LogP contribution is -1.96. The van der Waals surface area contributed by atoms with Crippen LogP contribution in [0.1, 0.15) is 5.56 Å². The number of hydrogen-bond donors (Lipinski definition) is 1. The molecule has 7 heteroatoms. The molecule has 0 saturated carbocycles. The Bertz CT molecular complexity index is 532. The molecule has 0 aliphatic carbocycles. The Kier molecular flexibility index (Phi) is 3.07. The largest absolute Gasteiger partial charge is 0.503 e. The number of phenols is 1. The van der Waals surface area contributed by atoms with Crippen LogP contribution in [0.2, 0.25) is 0 Å². The highest BCUT2D eigenvalue weighted by Crippen LogP contribution is 2.37. The van der Waals surface area contributed by atoms with Gasteiger partial charge in [-0.05, 0) is 12.1 Å². The smallest absolute Gasteiger partial charge is 0.265 e. The first kappa shape index (κ1) is 11.6. The molecule has 0 heterocycles. The van der Waals surface area contributed by atoms with E-state index in [2.05, 4.69) is 0 Å². The fourth-order valence-electron chi connectivity index (χ4n) is 1.04. The monoisotopic (exact) mass is 247 g/mol. The van der Waals surface area contributed by atoms with E-state index in [4.69, 9.17) is 20.7 Å². The number of benzene rings is 1. The quantitative estimate of drug-likeness (QED) is 0.794. The van der Waals surface area contributed by atoms with Gasteiger partial charge in [-0.25, -0.2) is 8.42 Å². The van der Waals surface area contributed by atoms with E-state index >= 15 is 0 Å². The minimum Gasteiger partial charge on any atom is -0.503 e. The van der Waals surface area contributed by atoms with Crippen molar-refractivity contribution in [2.24, 2.45) is 0 Å². The van der Waals surface area contributed by atoms with Gasteiger partial charge in [-0.15, -0.1) is 0 Å². The number of nitriles is 1. The number of ether oxygens (including phenoxy) is 1. The van der Waals surface area contributed by atoms with E-state index in [0.29, 0.717) is 0 Å². The molecule has 1 aromatic rings. The number of nitrogens with zero attached hydrogens (tertiary/aromatic N) is 1. The average Bonchev–Trinajstić information content (AvgIpc) is 2.15. The second kappa shape index (κ2) is 3.96. The second-order valence-electron chi connectivity index (χ2n) is 2.54. The molecular formula is C8H6ClNO4S. The zero-order valence-electron chi connectivity index (χ0n) is 7.56. The Labute approximate surface area is 90.9 Å². The molecule has 0 spiro atoms. The maximum absolute atomic E-state index is 11.0. The van der Waals surface area contributed by atoms with Crippen LogP contribution in [0.5, 0.6) is 11.5 Å². The van der Waals surface area contributed by atoms with Crippen molar-refractivity contribution >= 4 is 19.7 Å². The van der Waals surface area contributed by atoms with Crippen LogP contribution in [-0.4, -0.2) is 20.6 Å². The molecule has 1 N–H and O–H groups in total. The predicted octanol–water partition coefficient (Wildman–Crippen LogP) is 1.20. The van der Waals surface area contributed by atoms with E-state index in [1.807, 2.05) is 0 Å². The summed E-state index contributed by atoms with van der Waals surface area (Å²) in [7, 11) is 2.21. The standard InChI is InChI=1S/C8H6ClNO4S/c1-14-8-5(4-10)2-3-6(7(8)11)15(9,12)13/h2-3,11H,1H3. The molecule has 15 heavy (non-hydrogen) atoms. The van der Waals surface area contributed by atoms with Crippen LogP contribution in [0.3, 0.4) is 0 Å². The molecule has 0 bridgehead atoms. The molecule has 0 atom stereocenters. The molecule has 0 fully saturated rings. The lowest BCUT2D eigenvalue weighted by molar-refractivity contribution is 0.365. The van der Waals surface area contributed by atoms with Crippen LogP contribution >= 0.6 is 10.7 Å². The van der Waals surface area contributed by atoms with Gasteiger partial charge in [-0.1, -0.05) is 0 Å². The van der Waals surface area contributed by atoms with Gasteiger partial charge in [0, 0.05) is 10.7 Å². The van der Waals surface area contributed by atoms with E-state index in [0.717, 1.165) is 6.07 Å². The number of aromatic hydroxyl groups is 1. The van der Waals surface area contributed by atoms with Gasteiger partial charge >= 0.3 is 0 Å². The van der Waals surface area contributed by atoms with E-state index in [1.54, 1.807) is 6.07 Å². The molecule has 5 nitrogen and oxygen atoms in total. The Hall–Kier alpha value is -1.45. The Morgan fingerprint density at radius 2 is 2.13 bits per heavy atom. The van der Waals surface area contributed by atoms with Crippen molar-refractivity contribution in [1.29, 1.82) is 5.26 Å². The molecule has 80 valence electrons. The summed E-state index contributed by atoms with van der Waals surface area (Å²) in [6.45, 7) is 0. The first-order valence-electron chi connectivity index (χ1n) is 3.66. The summed E-state index contributed by atoms with van der Waals surface area (Å²) < 4.78 is 26.7. The maximum Gasteiger partial charge on any atom is 0.265 e. The van der Waals surface area contributed by atoms with E-state index in [-0.39, 0.29) is 11.3 Å². The Morgan fingerprint density at radius 1 is 1.53 bits per heavy atom. The van der Waals surface area contributed by atoms with Crippen molar-refractivity contribution in [2.75, 3.05) is 7.11 Å². The first-order chi connectivity index (χ1) is 6.91. The second-order valence-corrected chi connectivity index (χ2v) is 5.08. The molecule has 0 saturated heterocycles. The topological polar surface area (TPSA) is 87.4 Å². The van der Waals surface area contributed by atoms with E-state index in [1.165, 1.54) is 13.2 Å². The van der Waals surface area contributed by atoms with Crippen LogP contribution in [0, 0.1) is 11.3 Å². The third-order valence-electron chi connectivity index (χ3n) is 1.68. The van der Waals surface area contributed by atoms with Gasteiger partial charge in [0.25, 0.3) is 9.05 Å². The van der Waals surface area contributed by atoms with Crippen LogP contribution in [0.4, 0.5) is 0 Å². The molecule has 0 aromatic heterocycles. The van der Waals surface area contributed by atoms with Gasteiger partial charge < -0.3 is 9.84 Å². The molecule has 1 aromatic carbocycles. The van der Waals surface area contributed by atoms with Crippen LogP contribution in [0.15, 0.2) is 17.0 Å². The highest BCUT2D eigenvalue weighted by Gasteiger charge is 2.21. The van der Waals surface area contributed by atoms with Crippen molar-refractivity contribution in [3.8, 4) is 17.6 Å². The molecule has 0 aliphatic rings. The fraction of sp³-hybridized carbons (Fsp3) is 0.125. The third kappa shape index (κ3) is 2.14. The maximum atomic E-state index is 11.0. The van der Waals surface area contributed by atoms with Crippen molar-refractivity contribution in [3.63, 3.8) is 0 Å². The normalized spacial score (nSPS) is 10.7. The highest BCUT2D eigenvalue weighted by atomic mass is 35.7. The lowest BCUT2D eigenvalue weighted by atomic mass is 10.2. The number of halogens is 1. The van der Waals surface area contributed by atoms with Gasteiger partial charge in [0.1, 0.15) is 11.0 Å². The molecular weight excluding hydrogens is 242 g/mol. The SMILES string of the molecule is COc1c(C#N)ccc(S(=O)(=O)Cl)c1O. The molecule has 0 unspecified atom stereocenters. The van der Waals surface area contributed by atoms with Crippen molar-refractivity contribution < 1.29 is 18.3 Å².